The monoisotopic (exact) mass is 444 g/mol. The van der Waals surface area contributed by atoms with E-state index in [-0.39, 0.29) is 17.6 Å². The minimum Gasteiger partial charge on any atom is -0.506 e. The van der Waals surface area contributed by atoms with Crippen LogP contribution < -0.4 is 5.32 Å². The van der Waals surface area contributed by atoms with Gasteiger partial charge in [-0.2, -0.15) is 0 Å². The van der Waals surface area contributed by atoms with Crippen molar-refractivity contribution in [3.05, 3.63) is 99.5 Å². The maximum absolute atomic E-state index is 13.1. The highest BCUT2D eigenvalue weighted by molar-refractivity contribution is 9.10. The van der Waals surface area contributed by atoms with Gasteiger partial charge < -0.3 is 10.4 Å². The molecule has 0 aromatic heterocycles. The predicted molar refractivity (Wildman–Crippen MR) is 119 cm³/mol. The van der Waals surface area contributed by atoms with Crippen molar-refractivity contribution in [2.45, 2.75) is 12.5 Å². The van der Waals surface area contributed by atoms with Gasteiger partial charge in [0.25, 0.3) is 0 Å². The molecule has 0 fully saturated rings. The number of rotatable bonds is 2. The van der Waals surface area contributed by atoms with Gasteiger partial charge in [-0.1, -0.05) is 64.5 Å². The fourth-order valence-electron chi connectivity index (χ4n) is 3.90. The van der Waals surface area contributed by atoms with Crippen molar-refractivity contribution in [3.63, 3.8) is 0 Å². The summed E-state index contributed by atoms with van der Waals surface area (Å²) in [6.07, 6.45) is 0.482. The number of aliphatic imine (C=N–C) groups is 1. The normalized spacial score (nSPS) is 17.9. The number of Topliss-reactive ketones (excluding diaryl/α,β-unsaturated/α-hetero) is 1. The van der Waals surface area contributed by atoms with Crippen LogP contribution in [-0.2, 0) is 0 Å². The number of halogens is 1. The number of aliphatic hydroxyl groups is 1. The summed E-state index contributed by atoms with van der Waals surface area (Å²) in [5.41, 5.74) is 4.72. The quantitative estimate of drug-likeness (QED) is 0.491. The molecule has 0 amide bonds. The molecule has 2 aliphatic rings. The molecule has 0 radical (unpaired) electrons. The summed E-state index contributed by atoms with van der Waals surface area (Å²) >= 11 is 3.48. The lowest BCUT2D eigenvalue weighted by atomic mass is 9.95. The Kier molecular flexibility index (Phi) is 4.32. The number of hydrogen-bond acceptors (Lipinski definition) is 4. The molecule has 4 nitrogen and oxygen atoms in total. The second-order valence-corrected chi connectivity index (χ2v) is 8.04. The number of ketones is 1. The topological polar surface area (TPSA) is 61.7 Å². The number of allylic oxidation sites excluding steroid dienone is 1. The Bertz CT molecular complexity index is 1200. The van der Waals surface area contributed by atoms with Crippen LogP contribution in [0.1, 0.15) is 33.9 Å². The number of nitrogens with one attached hydrogen (secondary N) is 1. The molecule has 5 heteroatoms. The predicted octanol–water partition coefficient (Wildman–Crippen LogP) is 6.24. The molecule has 3 aromatic carbocycles. The standard InChI is InChI=1S/C24H17BrN2O2/c25-15-11-9-14(10-12-15)20-13-21(27-19-8-4-3-7-18(19)26-20)22-23(28)16-5-1-2-6-17(16)24(22)29/h1-12,20,26,28H,13H2. The van der Waals surface area contributed by atoms with E-state index in [1.54, 1.807) is 12.1 Å². The van der Waals surface area contributed by atoms with Crippen molar-refractivity contribution in [1.82, 2.24) is 0 Å². The number of carbonyl (C=O) groups excluding carboxylic acids is 1. The van der Waals surface area contributed by atoms with Gasteiger partial charge in [0.15, 0.2) is 5.78 Å². The highest BCUT2D eigenvalue weighted by atomic mass is 79.9. The number of anilines is 1. The van der Waals surface area contributed by atoms with E-state index in [0.29, 0.717) is 28.8 Å². The third-order valence-electron chi connectivity index (χ3n) is 5.34. The number of benzene rings is 3. The minimum absolute atomic E-state index is 0.0123. The van der Waals surface area contributed by atoms with Crippen molar-refractivity contribution in [2.24, 2.45) is 4.99 Å². The van der Waals surface area contributed by atoms with Gasteiger partial charge in [-0.15, -0.1) is 0 Å². The molecular weight excluding hydrogens is 428 g/mol. The number of fused-ring (bicyclic) bond motifs is 2. The van der Waals surface area contributed by atoms with Gasteiger partial charge in [-0.3, -0.25) is 9.79 Å². The third-order valence-corrected chi connectivity index (χ3v) is 5.87. The van der Waals surface area contributed by atoms with Crippen molar-refractivity contribution >= 4 is 44.6 Å². The van der Waals surface area contributed by atoms with Gasteiger partial charge >= 0.3 is 0 Å². The van der Waals surface area contributed by atoms with E-state index in [0.717, 1.165) is 21.4 Å². The van der Waals surface area contributed by atoms with Crippen LogP contribution >= 0.6 is 15.9 Å². The number of aliphatic hydroxyl groups excluding tert-OH is 1. The van der Waals surface area contributed by atoms with Crippen LogP contribution in [0.5, 0.6) is 0 Å². The molecule has 5 rings (SSSR count). The molecule has 2 N–H and O–H groups in total. The van der Waals surface area contributed by atoms with E-state index in [1.165, 1.54) is 0 Å². The largest absolute Gasteiger partial charge is 0.506 e. The van der Waals surface area contributed by atoms with Crippen LogP contribution in [-0.4, -0.2) is 16.6 Å². The highest BCUT2D eigenvalue weighted by Gasteiger charge is 2.34. The van der Waals surface area contributed by atoms with Gasteiger partial charge in [-0.25, -0.2) is 0 Å². The molecule has 1 aliphatic heterocycles. The molecule has 29 heavy (non-hydrogen) atoms. The first-order chi connectivity index (χ1) is 14.1. The molecule has 1 atom stereocenters. The Morgan fingerprint density at radius 3 is 2.38 bits per heavy atom. The molecule has 3 aromatic rings. The van der Waals surface area contributed by atoms with Gasteiger partial charge in [0.05, 0.1) is 28.7 Å². The SMILES string of the molecule is O=C1C(C2=Nc3ccccc3NC(c3ccc(Br)cc3)C2)=C(O)c2ccccc21. The van der Waals surface area contributed by atoms with Crippen LogP contribution in [0.15, 0.2) is 87.8 Å². The molecule has 0 saturated heterocycles. The Balaban J connectivity index is 1.64. The molecular formula is C24H17BrN2O2. The fraction of sp³-hybridized carbons (Fsp3) is 0.0833. The summed E-state index contributed by atoms with van der Waals surface area (Å²) in [5.74, 6) is -0.163. The molecule has 1 unspecified atom stereocenters. The van der Waals surface area contributed by atoms with E-state index in [4.69, 9.17) is 4.99 Å². The van der Waals surface area contributed by atoms with Gasteiger partial charge in [0.1, 0.15) is 5.76 Å². The average molecular weight is 445 g/mol. The smallest absolute Gasteiger partial charge is 0.199 e. The second-order valence-electron chi connectivity index (χ2n) is 7.13. The first kappa shape index (κ1) is 17.9. The van der Waals surface area contributed by atoms with Crippen LogP contribution in [0.2, 0.25) is 0 Å². The van der Waals surface area contributed by atoms with E-state index in [2.05, 4.69) is 21.2 Å². The molecule has 0 bridgehead atoms. The summed E-state index contributed by atoms with van der Waals surface area (Å²) in [4.78, 5) is 17.9. The number of para-hydroxylation sites is 2. The zero-order valence-corrected chi connectivity index (χ0v) is 17.0. The van der Waals surface area contributed by atoms with Crippen LogP contribution in [0, 0.1) is 0 Å². The lowest BCUT2D eigenvalue weighted by Gasteiger charge is -2.19. The maximum atomic E-state index is 13.1. The van der Waals surface area contributed by atoms with Crippen molar-refractivity contribution in [2.75, 3.05) is 5.32 Å². The zero-order chi connectivity index (χ0) is 20.0. The summed E-state index contributed by atoms with van der Waals surface area (Å²) in [5, 5.41) is 14.4. The number of hydrogen-bond donors (Lipinski definition) is 2. The summed E-state index contributed by atoms with van der Waals surface area (Å²) in [6.45, 7) is 0. The Morgan fingerprint density at radius 2 is 1.62 bits per heavy atom. The Labute approximate surface area is 176 Å². The molecule has 1 aliphatic carbocycles. The second kappa shape index (κ2) is 7.01. The van der Waals surface area contributed by atoms with E-state index in [9.17, 15) is 9.90 Å². The first-order valence-corrected chi connectivity index (χ1v) is 10.2. The Hall–Kier alpha value is -3.18. The van der Waals surface area contributed by atoms with Crippen molar-refractivity contribution < 1.29 is 9.90 Å². The summed E-state index contributed by atoms with van der Waals surface area (Å²) < 4.78 is 1.01. The van der Waals surface area contributed by atoms with E-state index < -0.39 is 0 Å². The zero-order valence-electron chi connectivity index (χ0n) is 15.4. The minimum atomic E-state index is -0.175. The van der Waals surface area contributed by atoms with E-state index in [1.807, 2.05) is 60.7 Å². The number of nitrogens with zero attached hydrogens (tertiary/aromatic N) is 1. The van der Waals surface area contributed by atoms with Crippen LogP contribution in [0.3, 0.4) is 0 Å². The molecule has 1 heterocycles. The van der Waals surface area contributed by atoms with Gasteiger partial charge in [-0.05, 0) is 29.8 Å². The molecule has 0 spiro atoms. The van der Waals surface area contributed by atoms with Gasteiger partial charge in [0, 0.05) is 22.0 Å². The first-order valence-electron chi connectivity index (χ1n) is 9.38. The maximum Gasteiger partial charge on any atom is 0.199 e. The third kappa shape index (κ3) is 3.08. The highest BCUT2D eigenvalue weighted by Crippen LogP contribution is 2.39. The van der Waals surface area contributed by atoms with Crippen molar-refractivity contribution in [3.8, 4) is 0 Å². The fourth-order valence-corrected chi connectivity index (χ4v) is 4.17. The van der Waals surface area contributed by atoms with E-state index >= 15 is 0 Å². The molecule has 142 valence electrons. The number of carbonyl (C=O) groups is 1. The average Bonchev–Trinajstić information content (AvgIpc) is 2.88. The van der Waals surface area contributed by atoms with Crippen LogP contribution in [0.25, 0.3) is 5.76 Å². The van der Waals surface area contributed by atoms with Crippen LogP contribution in [0.4, 0.5) is 11.4 Å². The summed E-state index contributed by atoms with van der Waals surface area (Å²) in [6, 6.07) is 22.9. The Morgan fingerprint density at radius 1 is 0.931 bits per heavy atom. The lowest BCUT2D eigenvalue weighted by Crippen LogP contribution is -2.17. The lowest BCUT2D eigenvalue weighted by molar-refractivity contribution is 0.104. The molecule has 0 saturated carbocycles. The van der Waals surface area contributed by atoms with Gasteiger partial charge in [0.2, 0.25) is 0 Å². The summed E-state index contributed by atoms with van der Waals surface area (Å²) in [7, 11) is 0. The van der Waals surface area contributed by atoms with Crippen molar-refractivity contribution in [1.29, 1.82) is 0 Å².